The number of ether oxygens (including phenoxy) is 1. The lowest BCUT2D eigenvalue weighted by Gasteiger charge is -2.09. The zero-order valence-corrected chi connectivity index (χ0v) is 17.3. The summed E-state index contributed by atoms with van der Waals surface area (Å²) in [5, 5.41) is 9.57. The van der Waals surface area contributed by atoms with Crippen LogP contribution in [-0.4, -0.2) is 41.7 Å². The maximum Gasteiger partial charge on any atom is 0.316 e. The number of benzene rings is 2. The molecule has 8 nitrogen and oxygen atoms in total. The second kappa shape index (κ2) is 9.89. The van der Waals surface area contributed by atoms with Gasteiger partial charge in [0.1, 0.15) is 5.75 Å². The van der Waals surface area contributed by atoms with Crippen molar-refractivity contribution in [3.05, 3.63) is 64.5 Å². The van der Waals surface area contributed by atoms with Gasteiger partial charge >= 0.3 is 11.8 Å². The lowest BCUT2D eigenvalue weighted by atomic mass is 10.1. The highest BCUT2D eigenvalue weighted by Crippen LogP contribution is 2.20. The van der Waals surface area contributed by atoms with E-state index in [1.807, 2.05) is 32.0 Å². The molecule has 0 radical (unpaired) electrons. The Morgan fingerprint density at radius 3 is 2.63 bits per heavy atom. The van der Waals surface area contributed by atoms with Gasteiger partial charge in [0.2, 0.25) is 5.82 Å². The summed E-state index contributed by atoms with van der Waals surface area (Å²) in [5.41, 5.74) is 2.89. The van der Waals surface area contributed by atoms with Gasteiger partial charge in [-0.3, -0.25) is 9.59 Å². The summed E-state index contributed by atoms with van der Waals surface area (Å²) < 4.78 is 10.4. The summed E-state index contributed by atoms with van der Waals surface area (Å²) in [5.74, 6) is -0.0952. The van der Waals surface area contributed by atoms with Gasteiger partial charge in [-0.1, -0.05) is 35.0 Å². The molecular weight excluding hydrogens is 408 g/mol. The molecule has 0 aliphatic rings. The third kappa shape index (κ3) is 5.81. The van der Waals surface area contributed by atoms with E-state index in [4.69, 9.17) is 20.9 Å². The molecule has 2 amide bonds. The molecule has 0 saturated heterocycles. The monoisotopic (exact) mass is 428 g/mol. The first kappa shape index (κ1) is 21.3. The van der Waals surface area contributed by atoms with Crippen LogP contribution in [0, 0.1) is 13.8 Å². The van der Waals surface area contributed by atoms with Crippen LogP contribution in [0.2, 0.25) is 5.02 Å². The Labute approximate surface area is 178 Å². The number of rotatable bonds is 8. The Hall–Kier alpha value is -3.39. The van der Waals surface area contributed by atoms with E-state index >= 15 is 0 Å². The van der Waals surface area contributed by atoms with Crippen molar-refractivity contribution >= 4 is 23.4 Å². The fraction of sp³-hybridized carbons (Fsp3) is 0.238. The predicted octanol–water partition coefficient (Wildman–Crippen LogP) is 2.93. The van der Waals surface area contributed by atoms with Gasteiger partial charge in [-0.05, 0) is 49.2 Å². The highest BCUT2D eigenvalue weighted by Gasteiger charge is 2.16. The second-order valence-electron chi connectivity index (χ2n) is 6.57. The van der Waals surface area contributed by atoms with E-state index in [0.717, 1.165) is 11.1 Å². The van der Waals surface area contributed by atoms with Crippen LogP contribution >= 0.6 is 11.6 Å². The third-order valence-electron chi connectivity index (χ3n) is 4.28. The number of nitrogens with one attached hydrogen (secondary N) is 2. The zero-order chi connectivity index (χ0) is 21.5. The molecule has 0 aliphatic heterocycles. The van der Waals surface area contributed by atoms with Crippen molar-refractivity contribution in [2.75, 3.05) is 19.7 Å². The highest BCUT2D eigenvalue weighted by atomic mass is 35.5. The molecule has 2 aromatic carbocycles. The van der Waals surface area contributed by atoms with Crippen molar-refractivity contribution in [1.82, 2.24) is 20.8 Å². The summed E-state index contributed by atoms with van der Waals surface area (Å²) >= 11 is 5.94. The van der Waals surface area contributed by atoms with E-state index in [-0.39, 0.29) is 37.3 Å². The van der Waals surface area contributed by atoms with Gasteiger partial charge in [-0.25, -0.2) is 0 Å². The van der Waals surface area contributed by atoms with Crippen molar-refractivity contribution in [3.63, 3.8) is 0 Å². The van der Waals surface area contributed by atoms with Crippen LogP contribution in [0.1, 0.15) is 21.8 Å². The van der Waals surface area contributed by atoms with Crippen LogP contribution in [0.4, 0.5) is 0 Å². The molecule has 0 atom stereocenters. The van der Waals surface area contributed by atoms with Gasteiger partial charge in [-0.2, -0.15) is 4.98 Å². The molecule has 0 saturated carbocycles. The fourth-order valence-electron chi connectivity index (χ4n) is 2.52. The molecular formula is C21H21ClN4O4. The summed E-state index contributed by atoms with van der Waals surface area (Å²) in [7, 11) is 0. The lowest BCUT2D eigenvalue weighted by Crippen LogP contribution is -2.36. The summed E-state index contributed by atoms with van der Waals surface area (Å²) in [4.78, 5) is 28.0. The summed E-state index contributed by atoms with van der Waals surface area (Å²) in [6.07, 6.45) is 0. The van der Waals surface area contributed by atoms with Crippen LogP contribution in [0.5, 0.6) is 5.75 Å². The maximum absolute atomic E-state index is 12.1. The van der Waals surface area contributed by atoms with Crippen LogP contribution in [0.25, 0.3) is 11.4 Å². The standard InChI is InChI=1S/C21H21ClN4O4/c1-13-6-7-17(10-14(13)2)29-12-18(27)23-8-9-24-20(28)21-25-19(26-30-21)15-4-3-5-16(22)11-15/h3-7,10-11H,8-9,12H2,1-2H3,(H,23,27)(H,24,28). The van der Waals surface area contributed by atoms with Crippen LogP contribution < -0.4 is 15.4 Å². The molecule has 1 heterocycles. The minimum absolute atomic E-state index is 0.108. The van der Waals surface area contributed by atoms with E-state index in [2.05, 4.69) is 20.8 Å². The average molecular weight is 429 g/mol. The Morgan fingerprint density at radius 2 is 1.87 bits per heavy atom. The number of aryl methyl sites for hydroxylation is 2. The minimum atomic E-state index is -0.531. The molecule has 156 valence electrons. The Bertz CT molecular complexity index is 1050. The van der Waals surface area contributed by atoms with Crippen molar-refractivity contribution in [1.29, 1.82) is 0 Å². The number of hydrogen-bond acceptors (Lipinski definition) is 6. The number of nitrogens with zero attached hydrogens (tertiary/aromatic N) is 2. The molecule has 0 bridgehead atoms. The average Bonchev–Trinajstić information content (AvgIpc) is 3.22. The number of carbonyl (C=O) groups is 2. The molecule has 1 aromatic heterocycles. The topological polar surface area (TPSA) is 106 Å². The quantitative estimate of drug-likeness (QED) is 0.534. The lowest BCUT2D eigenvalue weighted by molar-refractivity contribution is -0.123. The molecule has 3 rings (SSSR count). The summed E-state index contributed by atoms with van der Waals surface area (Å²) in [6.45, 7) is 4.31. The molecule has 30 heavy (non-hydrogen) atoms. The molecule has 3 aromatic rings. The Morgan fingerprint density at radius 1 is 1.07 bits per heavy atom. The molecule has 9 heteroatoms. The van der Waals surface area contributed by atoms with E-state index in [0.29, 0.717) is 16.3 Å². The fourth-order valence-corrected chi connectivity index (χ4v) is 2.71. The first-order valence-corrected chi connectivity index (χ1v) is 9.65. The van der Waals surface area contributed by atoms with E-state index in [1.54, 1.807) is 24.3 Å². The van der Waals surface area contributed by atoms with Crippen LogP contribution in [0.3, 0.4) is 0 Å². The van der Waals surface area contributed by atoms with Gasteiger partial charge in [-0.15, -0.1) is 0 Å². The maximum atomic E-state index is 12.1. The minimum Gasteiger partial charge on any atom is -0.484 e. The normalized spacial score (nSPS) is 10.5. The number of amides is 2. The van der Waals surface area contributed by atoms with Gasteiger partial charge < -0.3 is 19.9 Å². The van der Waals surface area contributed by atoms with Gasteiger partial charge in [0, 0.05) is 23.7 Å². The SMILES string of the molecule is Cc1ccc(OCC(=O)NCCNC(=O)c2nc(-c3cccc(Cl)c3)no2)cc1C. The Balaban J connectivity index is 1.39. The summed E-state index contributed by atoms with van der Waals surface area (Å²) in [6, 6.07) is 12.5. The number of halogens is 1. The molecule has 0 unspecified atom stereocenters. The molecule has 0 aliphatic carbocycles. The van der Waals surface area contributed by atoms with E-state index in [1.165, 1.54) is 0 Å². The van der Waals surface area contributed by atoms with Gasteiger partial charge in [0.25, 0.3) is 5.91 Å². The van der Waals surface area contributed by atoms with Gasteiger partial charge in [0.05, 0.1) is 0 Å². The number of hydrogen-bond donors (Lipinski definition) is 2. The van der Waals surface area contributed by atoms with E-state index < -0.39 is 5.91 Å². The zero-order valence-electron chi connectivity index (χ0n) is 16.6. The van der Waals surface area contributed by atoms with Crippen molar-refractivity contribution in [2.45, 2.75) is 13.8 Å². The second-order valence-corrected chi connectivity index (χ2v) is 7.01. The van der Waals surface area contributed by atoms with Crippen molar-refractivity contribution in [2.24, 2.45) is 0 Å². The largest absolute Gasteiger partial charge is 0.484 e. The van der Waals surface area contributed by atoms with Gasteiger partial charge in [0.15, 0.2) is 6.61 Å². The van der Waals surface area contributed by atoms with Crippen LogP contribution in [-0.2, 0) is 4.79 Å². The molecule has 2 N–H and O–H groups in total. The molecule has 0 fully saturated rings. The number of carbonyl (C=O) groups excluding carboxylic acids is 2. The third-order valence-corrected chi connectivity index (χ3v) is 4.52. The first-order chi connectivity index (χ1) is 14.4. The van der Waals surface area contributed by atoms with Crippen molar-refractivity contribution < 1.29 is 18.8 Å². The number of aromatic nitrogens is 2. The predicted molar refractivity (Wildman–Crippen MR) is 111 cm³/mol. The first-order valence-electron chi connectivity index (χ1n) is 9.27. The highest BCUT2D eigenvalue weighted by molar-refractivity contribution is 6.30. The van der Waals surface area contributed by atoms with E-state index in [9.17, 15) is 9.59 Å². The van der Waals surface area contributed by atoms with Crippen LogP contribution in [0.15, 0.2) is 47.0 Å². The van der Waals surface area contributed by atoms with Crippen molar-refractivity contribution in [3.8, 4) is 17.1 Å². The smallest absolute Gasteiger partial charge is 0.316 e. The Kier molecular flexibility index (Phi) is 7.03. The molecule has 0 spiro atoms.